The molecule has 0 amide bonds. The molecule has 1 atom stereocenters. The summed E-state index contributed by atoms with van der Waals surface area (Å²) in [4.78, 5) is 5.25. The Labute approximate surface area is 280 Å². The van der Waals surface area contributed by atoms with E-state index in [2.05, 4.69) is 43.0 Å². The fourth-order valence-electron chi connectivity index (χ4n) is 7.33. The van der Waals surface area contributed by atoms with Gasteiger partial charge in [-0.15, -0.1) is 0 Å². The summed E-state index contributed by atoms with van der Waals surface area (Å²) in [5, 5.41) is 0. The average molecular weight is 617 g/mol. The normalized spacial score (nSPS) is 14.8. The maximum absolute atomic E-state index is 2.67. The molecule has 0 saturated carbocycles. The topological polar surface area (TPSA) is 6.48 Å². The van der Waals surface area contributed by atoms with E-state index in [4.69, 9.17) is 0 Å². The molecule has 0 aromatic heterocycles. The summed E-state index contributed by atoms with van der Waals surface area (Å²) in [5.74, 6) is 0. The van der Waals surface area contributed by atoms with E-state index >= 15 is 0 Å². The molecule has 1 rings (SSSR count). The lowest BCUT2D eigenvalue weighted by Gasteiger charge is -2.32. The van der Waals surface area contributed by atoms with Crippen molar-refractivity contribution in [2.75, 3.05) is 13.1 Å². The van der Waals surface area contributed by atoms with Gasteiger partial charge in [0.05, 0.1) is 0 Å². The second kappa shape index (κ2) is 33.7. The zero-order valence-electron chi connectivity index (χ0n) is 31.1. The molecule has 1 heterocycles. The molecule has 2 heteroatoms. The highest BCUT2D eigenvalue weighted by Crippen LogP contribution is 2.23. The van der Waals surface area contributed by atoms with Gasteiger partial charge in [0.15, 0.2) is 0 Å². The summed E-state index contributed by atoms with van der Waals surface area (Å²) < 4.78 is 0. The first kappa shape index (κ1) is 41.4. The van der Waals surface area contributed by atoms with E-state index < -0.39 is 0 Å². The van der Waals surface area contributed by atoms with Crippen molar-refractivity contribution in [3.63, 3.8) is 0 Å². The average Bonchev–Trinajstić information content (AvgIpc) is 3.43. The first-order chi connectivity index (χ1) is 21.8. The van der Waals surface area contributed by atoms with Crippen molar-refractivity contribution in [3.05, 3.63) is 12.4 Å². The fraction of sp³-hybridized carbons (Fsp3) is 0.952. The van der Waals surface area contributed by atoms with Crippen molar-refractivity contribution < 1.29 is 0 Å². The third-order valence-electron chi connectivity index (χ3n) is 10.4. The van der Waals surface area contributed by atoms with Crippen LogP contribution in [0.4, 0.5) is 0 Å². The third kappa shape index (κ3) is 25.5. The highest BCUT2D eigenvalue weighted by atomic mass is 15.4. The predicted octanol–water partition coefficient (Wildman–Crippen LogP) is 14.7. The SMILES string of the molecule is CCCCCCCCCCCCCCCCCCCN1C=CN(CC)C1CCCCCCCCCCCCCCCCCC. The summed E-state index contributed by atoms with van der Waals surface area (Å²) >= 11 is 0. The number of unbranched alkanes of at least 4 members (excludes halogenated alkanes) is 31. The predicted molar refractivity (Wildman–Crippen MR) is 200 cm³/mol. The molecule has 0 saturated heterocycles. The Morgan fingerprint density at radius 1 is 0.318 bits per heavy atom. The molecule has 262 valence electrons. The van der Waals surface area contributed by atoms with Crippen molar-refractivity contribution in [1.29, 1.82) is 0 Å². The van der Waals surface area contributed by atoms with Gasteiger partial charge in [0.25, 0.3) is 0 Å². The molecule has 44 heavy (non-hydrogen) atoms. The van der Waals surface area contributed by atoms with E-state index in [1.54, 1.807) is 0 Å². The summed E-state index contributed by atoms with van der Waals surface area (Å²) in [5.41, 5.74) is 0. The van der Waals surface area contributed by atoms with Crippen LogP contribution in [-0.2, 0) is 0 Å². The van der Waals surface area contributed by atoms with Crippen molar-refractivity contribution in [1.82, 2.24) is 9.80 Å². The van der Waals surface area contributed by atoms with Gasteiger partial charge < -0.3 is 9.80 Å². The fourth-order valence-corrected chi connectivity index (χ4v) is 7.33. The Bertz CT molecular complexity index is 572. The van der Waals surface area contributed by atoms with E-state index in [1.807, 2.05) is 0 Å². The Morgan fingerprint density at radius 2 is 0.591 bits per heavy atom. The Morgan fingerprint density at radius 3 is 0.909 bits per heavy atom. The molecule has 0 spiro atoms. The quantitative estimate of drug-likeness (QED) is 0.0646. The second-order valence-corrected chi connectivity index (χ2v) is 14.6. The molecule has 0 aromatic carbocycles. The zero-order valence-corrected chi connectivity index (χ0v) is 31.1. The first-order valence-electron chi connectivity index (χ1n) is 21.0. The van der Waals surface area contributed by atoms with Crippen LogP contribution in [0.25, 0.3) is 0 Å². The highest BCUT2D eigenvalue weighted by Gasteiger charge is 2.23. The number of nitrogens with zero attached hydrogens (tertiary/aromatic N) is 2. The molecular weight excluding hydrogens is 532 g/mol. The van der Waals surface area contributed by atoms with E-state index in [9.17, 15) is 0 Å². The third-order valence-corrected chi connectivity index (χ3v) is 10.4. The minimum Gasteiger partial charge on any atom is -0.356 e. The molecule has 0 aromatic rings. The largest absolute Gasteiger partial charge is 0.356 e. The molecule has 2 nitrogen and oxygen atoms in total. The molecule has 0 aliphatic carbocycles. The summed E-state index contributed by atoms with van der Waals surface area (Å²) in [7, 11) is 0. The van der Waals surface area contributed by atoms with Crippen LogP contribution in [-0.4, -0.2) is 29.1 Å². The molecule has 1 unspecified atom stereocenters. The van der Waals surface area contributed by atoms with Gasteiger partial charge in [0.2, 0.25) is 0 Å². The van der Waals surface area contributed by atoms with Gasteiger partial charge in [-0.3, -0.25) is 0 Å². The van der Waals surface area contributed by atoms with Crippen LogP contribution in [0.2, 0.25) is 0 Å². The lowest BCUT2D eigenvalue weighted by atomic mass is 10.0. The highest BCUT2D eigenvalue weighted by molar-refractivity contribution is 4.96. The minimum atomic E-state index is 0.632. The first-order valence-corrected chi connectivity index (χ1v) is 21.0. The van der Waals surface area contributed by atoms with Gasteiger partial charge in [-0.25, -0.2) is 0 Å². The van der Waals surface area contributed by atoms with Gasteiger partial charge in [-0.1, -0.05) is 213 Å². The van der Waals surface area contributed by atoms with Crippen molar-refractivity contribution in [3.8, 4) is 0 Å². The van der Waals surface area contributed by atoms with E-state index in [1.165, 1.54) is 225 Å². The van der Waals surface area contributed by atoms with Gasteiger partial charge in [0, 0.05) is 25.5 Å². The molecule has 0 bridgehead atoms. The second-order valence-electron chi connectivity index (χ2n) is 14.6. The summed E-state index contributed by atoms with van der Waals surface area (Å²) in [6.07, 6.45) is 54.7. The Balaban J connectivity index is 1.89. The standard InChI is InChI=1S/C42H84N2/c1-4-7-9-11-13-15-17-19-21-23-25-27-29-31-33-35-37-39-44-41-40-43(6-3)42(44)38-36-34-32-30-28-26-24-22-20-18-16-14-12-10-8-5-2/h40-42H,4-39H2,1-3H3. The van der Waals surface area contributed by atoms with Gasteiger partial charge in [-0.2, -0.15) is 0 Å². The number of rotatable bonds is 36. The molecule has 0 radical (unpaired) electrons. The van der Waals surface area contributed by atoms with E-state index in [-0.39, 0.29) is 0 Å². The smallest absolute Gasteiger partial charge is 0.101 e. The zero-order chi connectivity index (χ0) is 31.6. The van der Waals surface area contributed by atoms with Crippen molar-refractivity contribution >= 4 is 0 Å². The van der Waals surface area contributed by atoms with Crippen LogP contribution in [0, 0.1) is 0 Å². The molecule has 0 fully saturated rings. The van der Waals surface area contributed by atoms with Crippen LogP contribution in [0.15, 0.2) is 12.4 Å². The van der Waals surface area contributed by atoms with E-state index in [0.717, 1.165) is 6.54 Å². The summed E-state index contributed by atoms with van der Waals surface area (Å²) in [6, 6.07) is 0. The molecule has 0 N–H and O–H groups in total. The van der Waals surface area contributed by atoms with Crippen LogP contribution < -0.4 is 0 Å². The van der Waals surface area contributed by atoms with Crippen LogP contribution in [0.1, 0.15) is 239 Å². The maximum Gasteiger partial charge on any atom is 0.101 e. The lowest BCUT2D eigenvalue weighted by molar-refractivity contribution is 0.142. The van der Waals surface area contributed by atoms with E-state index in [0.29, 0.717) is 6.17 Å². The summed E-state index contributed by atoms with van der Waals surface area (Å²) in [6.45, 7) is 9.35. The molecule has 1 aliphatic rings. The monoisotopic (exact) mass is 617 g/mol. The minimum absolute atomic E-state index is 0.632. The van der Waals surface area contributed by atoms with Gasteiger partial charge in [-0.05, 0) is 26.2 Å². The van der Waals surface area contributed by atoms with Crippen LogP contribution in [0.5, 0.6) is 0 Å². The number of hydrogen-bond donors (Lipinski definition) is 0. The van der Waals surface area contributed by atoms with Crippen molar-refractivity contribution in [2.24, 2.45) is 0 Å². The lowest BCUT2D eigenvalue weighted by Crippen LogP contribution is -2.38. The molecule has 1 aliphatic heterocycles. The van der Waals surface area contributed by atoms with Crippen molar-refractivity contribution in [2.45, 2.75) is 245 Å². The maximum atomic E-state index is 2.67. The van der Waals surface area contributed by atoms with Gasteiger partial charge in [0.1, 0.15) is 6.17 Å². The molecular formula is C42H84N2. The Hall–Kier alpha value is -0.660. The number of hydrogen-bond acceptors (Lipinski definition) is 2. The van der Waals surface area contributed by atoms with Gasteiger partial charge >= 0.3 is 0 Å². The Kier molecular flexibility index (Phi) is 31.7. The van der Waals surface area contributed by atoms with Crippen LogP contribution >= 0.6 is 0 Å². The van der Waals surface area contributed by atoms with Crippen LogP contribution in [0.3, 0.4) is 0 Å².